The molecule has 176 valence electrons. The lowest BCUT2D eigenvalue weighted by Crippen LogP contribution is -2.53. The van der Waals surface area contributed by atoms with Gasteiger partial charge in [0, 0.05) is 21.2 Å². The Labute approximate surface area is 222 Å². The predicted octanol–water partition coefficient (Wildman–Crippen LogP) is 7.25. The molecule has 0 unspecified atom stereocenters. The second-order valence-corrected chi connectivity index (χ2v) is 10.6. The summed E-state index contributed by atoms with van der Waals surface area (Å²) < 4.78 is 0.967. The van der Waals surface area contributed by atoms with E-state index in [1.807, 2.05) is 114 Å². The molecule has 0 aliphatic carbocycles. The van der Waals surface area contributed by atoms with Crippen LogP contribution in [-0.4, -0.2) is 16.5 Å². The summed E-state index contributed by atoms with van der Waals surface area (Å²) in [5, 5.41) is 14.4. The lowest BCUT2D eigenvalue weighted by molar-refractivity contribution is 0.106. The summed E-state index contributed by atoms with van der Waals surface area (Å²) in [5.41, 5.74) is 5.32. The number of rotatable bonds is 4. The van der Waals surface area contributed by atoms with Crippen LogP contribution < -0.4 is 10.0 Å². The van der Waals surface area contributed by atoms with Gasteiger partial charge in [-0.25, -0.2) is 10.0 Å². The summed E-state index contributed by atoms with van der Waals surface area (Å²) >= 11 is 4.97. The number of ketones is 1. The predicted molar refractivity (Wildman–Crippen MR) is 152 cm³/mol. The number of carbonyl (C=O) groups excluding carboxylic acids is 1. The molecule has 0 bridgehead atoms. The summed E-state index contributed by atoms with van der Waals surface area (Å²) in [6, 6.07) is 35.5. The standard InChI is InChI=1S/C29H21BrN4OS/c1-20-25-14-8-9-15-26(25)29(33(31-20)23-12-6-3-7-13-23)34(24-18-16-22(30)17-19-24)32-28(36-29)27(35)21-10-4-2-5-11-21/h2-19H,1H3/t29-/m0/s1. The van der Waals surface area contributed by atoms with Crippen molar-refractivity contribution < 1.29 is 4.79 Å². The second-order valence-electron chi connectivity index (χ2n) is 8.48. The van der Waals surface area contributed by atoms with Crippen LogP contribution in [-0.2, 0) is 4.99 Å². The van der Waals surface area contributed by atoms with Crippen LogP contribution in [0.15, 0.2) is 124 Å². The van der Waals surface area contributed by atoms with Crippen molar-refractivity contribution in [2.75, 3.05) is 10.0 Å². The number of hydrogen-bond donors (Lipinski definition) is 0. The largest absolute Gasteiger partial charge is 0.286 e. The summed E-state index contributed by atoms with van der Waals surface area (Å²) in [5.74, 6) is -0.114. The number of hydrogen-bond acceptors (Lipinski definition) is 6. The van der Waals surface area contributed by atoms with Crippen molar-refractivity contribution in [3.8, 4) is 0 Å². The van der Waals surface area contributed by atoms with Crippen LogP contribution in [0.5, 0.6) is 0 Å². The van der Waals surface area contributed by atoms with Crippen LogP contribution in [0, 0.1) is 0 Å². The molecule has 0 saturated heterocycles. The molecule has 1 atom stereocenters. The number of halogens is 1. The van der Waals surface area contributed by atoms with Crippen LogP contribution in [0.1, 0.15) is 28.4 Å². The van der Waals surface area contributed by atoms with E-state index < -0.39 is 4.99 Å². The maximum absolute atomic E-state index is 13.7. The lowest BCUT2D eigenvalue weighted by Gasteiger charge is -2.46. The number of anilines is 2. The molecule has 2 heterocycles. The van der Waals surface area contributed by atoms with Crippen molar-refractivity contribution in [2.24, 2.45) is 10.2 Å². The van der Waals surface area contributed by atoms with E-state index in [0.29, 0.717) is 10.6 Å². The summed E-state index contributed by atoms with van der Waals surface area (Å²) in [4.78, 5) is 12.7. The van der Waals surface area contributed by atoms with Crippen molar-refractivity contribution in [3.05, 3.63) is 130 Å². The SMILES string of the molecule is CC1=NN(c2ccccc2)[C@@]2(SC(C(=O)c3ccccc3)=NN2c2ccc(Br)cc2)c2ccccc21. The normalized spacial score (nSPS) is 18.6. The van der Waals surface area contributed by atoms with Gasteiger partial charge in [-0.3, -0.25) is 4.79 Å². The highest BCUT2D eigenvalue weighted by molar-refractivity contribution is 9.10. The average Bonchev–Trinajstić information content (AvgIpc) is 3.33. The van der Waals surface area contributed by atoms with E-state index in [4.69, 9.17) is 10.2 Å². The van der Waals surface area contributed by atoms with Gasteiger partial charge in [-0.2, -0.15) is 10.2 Å². The van der Waals surface area contributed by atoms with Crippen molar-refractivity contribution in [1.82, 2.24) is 0 Å². The van der Waals surface area contributed by atoms with E-state index in [1.165, 1.54) is 11.8 Å². The zero-order chi connectivity index (χ0) is 24.7. The molecule has 2 aliphatic rings. The molecule has 6 rings (SSSR count). The Morgan fingerprint density at radius 1 is 0.750 bits per heavy atom. The molecule has 0 fully saturated rings. The topological polar surface area (TPSA) is 48.3 Å². The minimum Gasteiger partial charge on any atom is -0.286 e. The molecule has 4 aromatic carbocycles. The fourth-order valence-corrected chi connectivity index (χ4v) is 6.17. The zero-order valence-electron chi connectivity index (χ0n) is 19.4. The van der Waals surface area contributed by atoms with Gasteiger partial charge >= 0.3 is 0 Å². The van der Waals surface area contributed by atoms with Crippen LogP contribution in [0.4, 0.5) is 11.4 Å². The molecule has 4 aromatic rings. The van der Waals surface area contributed by atoms with Crippen molar-refractivity contribution in [2.45, 2.75) is 11.9 Å². The molecule has 0 radical (unpaired) electrons. The molecule has 0 saturated carbocycles. The summed E-state index contributed by atoms with van der Waals surface area (Å²) in [6.45, 7) is 2.02. The Hall–Kier alpha value is -3.68. The summed E-state index contributed by atoms with van der Waals surface area (Å²) in [6.07, 6.45) is 0. The third-order valence-corrected chi connectivity index (χ3v) is 8.06. The Bertz CT molecular complexity index is 1510. The average molecular weight is 553 g/mol. The fourth-order valence-electron chi connectivity index (χ4n) is 4.55. The second kappa shape index (κ2) is 9.08. The van der Waals surface area contributed by atoms with Crippen LogP contribution in [0.3, 0.4) is 0 Å². The molecule has 36 heavy (non-hydrogen) atoms. The fraction of sp³-hybridized carbons (Fsp3) is 0.0690. The molecule has 0 aromatic heterocycles. The van der Waals surface area contributed by atoms with E-state index in [9.17, 15) is 4.79 Å². The zero-order valence-corrected chi connectivity index (χ0v) is 21.8. The maximum Gasteiger partial charge on any atom is 0.234 e. The highest BCUT2D eigenvalue weighted by atomic mass is 79.9. The van der Waals surface area contributed by atoms with Crippen LogP contribution in [0.25, 0.3) is 0 Å². The first-order valence-electron chi connectivity index (χ1n) is 11.5. The quantitative estimate of drug-likeness (QED) is 0.250. The number of hydrazone groups is 2. The first-order valence-corrected chi connectivity index (χ1v) is 13.1. The number of carbonyl (C=O) groups is 1. The first kappa shape index (κ1) is 22.8. The number of benzene rings is 4. The van der Waals surface area contributed by atoms with E-state index >= 15 is 0 Å². The summed E-state index contributed by atoms with van der Waals surface area (Å²) in [7, 11) is 0. The number of Topliss-reactive ketones (excluding diaryl/α,β-unsaturated/α-hetero) is 1. The van der Waals surface area contributed by atoms with Gasteiger partial charge in [0.05, 0.1) is 17.1 Å². The van der Waals surface area contributed by atoms with Gasteiger partial charge in [-0.15, -0.1) is 0 Å². The van der Waals surface area contributed by atoms with Gasteiger partial charge in [0.2, 0.25) is 10.8 Å². The minimum atomic E-state index is -0.939. The van der Waals surface area contributed by atoms with Gasteiger partial charge < -0.3 is 0 Å². The van der Waals surface area contributed by atoms with E-state index in [-0.39, 0.29) is 5.78 Å². The highest BCUT2D eigenvalue weighted by Gasteiger charge is 2.55. The van der Waals surface area contributed by atoms with Crippen molar-refractivity contribution >= 4 is 55.6 Å². The molecule has 2 aliphatic heterocycles. The van der Waals surface area contributed by atoms with Crippen LogP contribution in [0.2, 0.25) is 0 Å². The van der Waals surface area contributed by atoms with Gasteiger partial charge in [0.1, 0.15) is 0 Å². The third-order valence-electron chi connectivity index (χ3n) is 6.22. The molecule has 1 spiro atoms. The lowest BCUT2D eigenvalue weighted by atomic mass is 9.98. The minimum absolute atomic E-state index is 0.114. The highest BCUT2D eigenvalue weighted by Crippen LogP contribution is 2.54. The number of thioether (sulfide) groups is 1. The van der Waals surface area contributed by atoms with Crippen LogP contribution >= 0.6 is 27.7 Å². The monoisotopic (exact) mass is 552 g/mol. The Balaban J connectivity index is 1.60. The van der Waals surface area contributed by atoms with Gasteiger partial charge in [0.15, 0.2) is 5.04 Å². The molecular weight excluding hydrogens is 532 g/mol. The molecule has 0 amide bonds. The molecular formula is C29H21BrN4OS. The van der Waals surface area contributed by atoms with E-state index in [1.54, 1.807) is 0 Å². The third kappa shape index (κ3) is 3.67. The number of para-hydroxylation sites is 1. The Morgan fingerprint density at radius 2 is 1.33 bits per heavy atom. The van der Waals surface area contributed by atoms with Crippen molar-refractivity contribution in [1.29, 1.82) is 0 Å². The van der Waals surface area contributed by atoms with Gasteiger partial charge in [-0.1, -0.05) is 88.7 Å². The Morgan fingerprint density at radius 3 is 2.06 bits per heavy atom. The molecule has 5 nitrogen and oxygen atoms in total. The van der Waals surface area contributed by atoms with E-state index in [0.717, 1.165) is 32.7 Å². The van der Waals surface area contributed by atoms with E-state index in [2.05, 4.69) is 28.1 Å². The maximum atomic E-state index is 13.7. The van der Waals surface area contributed by atoms with Crippen molar-refractivity contribution in [3.63, 3.8) is 0 Å². The smallest absolute Gasteiger partial charge is 0.234 e. The Kier molecular flexibility index (Phi) is 5.74. The first-order chi connectivity index (χ1) is 17.6. The van der Waals surface area contributed by atoms with Gasteiger partial charge in [0.25, 0.3) is 0 Å². The van der Waals surface area contributed by atoms with Gasteiger partial charge in [-0.05, 0) is 55.1 Å². The number of fused-ring (bicyclic) bond motifs is 2. The molecule has 7 heteroatoms. The molecule has 0 N–H and O–H groups in total. The number of nitrogens with zero attached hydrogens (tertiary/aromatic N) is 4.